The molecule has 2 aromatic heterocycles. The van der Waals surface area contributed by atoms with Crippen LogP contribution in [0.1, 0.15) is 44.8 Å². The van der Waals surface area contributed by atoms with Crippen molar-refractivity contribution in [2.75, 3.05) is 13.1 Å². The number of amides is 2. The molecule has 0 saturated heterocycles. The summed E-state index contributed by atoms with van der Waals surface area (Å²) in [5.41, 5.74) is 3.25. The van der Waals surface area contributed by atoms with Crippen LogP contribution >= 0.6 is 11.3 Å². The summed E-state index contributed by atoms with van der Waals surface area (Å²) in [7, 11) is 0. The highest BCUT2D eigenvalue weighted by molar-refractivity contribution is 7.14. The highest BCUT2D eigenvalue weighted by Crippen LogP contribution is 2.22. The number of thiophene rings is 1. The number of nitrogens with zero attached hydrogens (tertiary/aromatic N) is 2. The molecule has 0 fully saturated rings. The highest BCUT2D eigenvalue weighted by atomic mass is 32.1. The second-order valence-electron chi connectivity index (χ2n) is 6.11. The van der Waals surface area contributed by atoms with Crippen molar-refractivity contribution in [1.82, 2.24) is 20.4 Å². The first kappa shape index (κ1) is 19.2. The zero-order valence-electron chi connectivity index (χ0n) is 15.3. The fourth-order valence-corrected chi connectivity index (χ4v) is 3.68. The van der Waals surface area contributed by atoms with E-state index in [4.69, 9.17) is 0 Å². The summed E-state index contributed by atoms with van der Waals surface area (Å²) >= 11 is 1.49. The van der Waals surface area contributed by atoms with Crippen LogP contribution in [0.15, 0.2) is 12.1 Å². The van der Waals surface area contributed by atoms with E-state index in [-0.39, 0.29) is 18.4 Å². The standard InChI is InChI=1S/C18H26N4O2S/c1-5-15-12(2)9-16(25-15)18(24)20-11-17(23)19-7-6-8-22-14(4)10-13(3)21-22/h9-10H,5-8,11H2,1-4H3,(H,19,23)(H,20,24). The maximum Gasteiger partial charge on any atom is 0.261 e. The number of aromatic nitrogens is 2. The molecule has 0 atom stereocenters. The van der Waals surface area contributed by atoms with Crippen molar-refractivity contribution in [1.29, 1.82) is 0 Å². The van der Waals surface area contributed by atoms with Crippen molar-refractivity contribution in [2.45, 2.75) is 47.1 Å². The lowest BCUT2D eigenvalue weighted by atomic mass is 10.2. The topological polar surface area (TPSA) is 76.0 Å². The molecule has 25 heavy (non-hydrogen) atoms. The molecular formula is C18H26N4O2S. The minimum atomic E-state index is -0.189. The lowest BCUT2D eigenvalue weighted by molar-refractivity contribution is -0.120. The normalized spacial score (nSPS) is 10.7. The summed E-state index contributed by atoms with van der Waals surface area (Å²) in [5, 5.41) is 9.88. The van der Waals surface area contributed by atoms with Crippen LogP contribution in [0.4, 0.5) is 0 Å². The second-order valence-corrected chi connectivity index (χ2v) is 7.24. The van der Waals surface area contributed by atoms with Crippen molar-refractivity contribution >= 4 is 23.2 Å². The monoisotopic (exact) mass is 362 g/mol. The third kappa shape index (κ3) is 5.42. The highest BCUT2D eigenvalue weighted by Gasteiger charge is 2.12. The van der Waals surface area contributed by atoms with Gasteiger partial charge in [-0.2, -0.15) is 5.10 Å². The maximum absolute atomic E-state index is 12.1. The molecule has 136 valence electrons. The quantitative estimate of drug-likeness (QED) is 0.708. The van der Waals surface area contributed by atoms with E-state index in [0.717, 1.165) is 36.3 Å². The van der Waals surface area contributed by atoms with Crippen LogP contribution < -0.4 is 10.6 Å². The van der Waals surface area contributed by atoms with Crippen LogP contribution in [0, 0.1) is 20.8 Å². The molecule has 2 amide bonds. The Labute approximate surface area is 152 Å². The van der Waals surface area contributed by atoms with E-state index in [1.165, 1.54) is 16.2 Å². The van der Waals surface area contributed by atoms with Gasteiger partial charge in [0.05, 0.1) is 17.1 Å². The molecule has 0 aliphatic heterocycles. The van der Waals surface area contributed by atoms with E-state index in [1.807, 2.05) is 37.6 Å². The maximum atomic E-state index is 12.1. The van der Waals surface area contributed by atoms with Crippen molar-refractivity contribution in [3.8, 4) is 0 Å². The zero-order chi connectivity index (χ0) is 18.4. The molecule has 0 saturated carbocycles. The van der Waals surface area contributed by atoms with Crippen LogP contribution in [0.3, 0.4) is 0 Å². The van der Waals surface area contributed by atoms with Crippen LogP contribution in [0.2, 0.25) is 0 Å². The van der Waals surface area contributed by atoms with Gasteiger partial charge in [0.25, 0.3) is 5.91 Å². The Morgan fingerprint density at radius 1 is 1.20 bits per heavy atom. The first-order chi connectivity index (χ1) is 11.9. The summed E-state index contributed by atoms with van der Waals surface area (Å²) in [6.07, 6.45) is 1.71. The summed E-state index contributed by atoms with van der Waals surface area (Å²) < 4.78 is 1.94. The number of carbonyl (C=O) groups is 2. The largest absolute Gasteiger partial charge is 0.355 e. The molecule has 0 aromatic carbocycles. The third-order valence-corrected chi connectivity index (χ3v) is 5.33. The molecule has 0 aliphatic rings. The SMILES string of the molecule is CCc1sc(C(=O)NCC(=O)NCCCn2nc(C)cc2C)cc1C. The van der Waals surface area contributed by atoms with E-state index in [9.17, 15) is 9.59 Å². The molecule has 2 aromatic rings. The van der Waals surface area contributed by atoms with Gasteiger partial charge in [0.15, 0.2) is 0 Å². The van der Waals surface area contributed by atoms with Gasteiger partial charge >= 0.3 is 0 Å². The smallest absolute Gasteiger partial charge is 0.261 e. The first-order valence-corrected chi connectivity index (χ1v) is 9.37. The van der Waals surface area contributed by atoms with Gasteiger partial charge < -0.3 is 10.6 Å². The fourth-order valence-electron chi connectivity index (χ4n) is 2.65. The molecule has 0 unspecified atom stereocenters. The lowest BCUT2D eigenvalue weighted by Gasteiger charge is -2.07. The molecular weight excluding hydrogens is 336 g/mol. The predicted molar refractivity (Wildman–Crippen MR) is 100 cm³/mol. The molecule has 2 heterocycles. The average molecular weight is 362 g/mol. The van der Waals surface area contributed by atoms with Crippen LogP contribution in [0.25, 0.3) is 0 Å². The minimum absolute atomic E-state index is 0.00283. The Morgan fingerprint density at radius 2 is 1.96 bits per heavy atom. The number of carbonyl (C=O) groups excluding carboxylic acids is 2. The van der Waals surface area contributed by atoms with Gasteiger partial charge in [0, 0.05) is 23.7 Å². The van der Waals surface area contributed by atoms with Gasteiger partial charge in [-0.25, -0.2) is 0 Å². The number of hydrogen-bond acceptors (Lipinski definition) is 4. The van der Waals surface area contributed by atoms with E-state index in [2.05, 4.69) is 22.7 Å². The van der Waals surface area contributed by atoms with Crippen molar-refractivity contribution in [3.63, 3.8) is 0 Å². The molecule has 2 rings (SSSR count). The number of rotatable bonds is 8. The van der Waals surface area contributed by atoms with Crippen LogP contribution in [-0.2, 0) is 17.8 Å². The Balaban J connectivity index is 1.68. The van der Waals surface area contributed by atoms with Gasteiger partial charge in [-0.05, 0) is 51.3 Å². The Bertz CT molecular complexity index is 748. The number of aryl methyl sites for hydroxylation is 5. The summed E-state index contributed by atoms with van der Waals surface area (Å²) in [6.45, 7) is 9.38. The Hall–Kier alpha value is -2.15. The molecule has 2 N–H and O–H groups in total. The van der Waals surface area contributed by atoms with Gasteiger partial charge in [-0.1, -0.05) is 6.92 Å². The van der Waals surface area contributed by atoms with Crippen LogP contribution in [0.5, 0.6) is 0 Å². The summed E-state index contributed by atoms with van der Waals surface area (Å²) in [5.74, 6) is -0.365. The van der Waals surface area contributed by atoms with Gasteiger partial charge in [-0.3, -0.25) is 14.3 Å². The zero-order valence-corrected chi connectivity index (χ0v) is 16.1. The number of nitrogens with one attached hydrogen (secondary N) is 2. The van der Waals surface area contributed by atoms with Crippen molar-refractivity contribution in [3.05, 3.63) is 38.8 Å². The lowest BCUT2D eigenvalue weighted by Crippen LogP contribution is -2.37. The second kappa shape index (κ2) is 8.80. The van der Waals surface area contributed by atoms with E-state index in [0.29, 0.717) is 11.4 Å². The summed E-state index contributed by atoms with van der Waals surface area (Å²) in [6, 6.07) is 3.91. The average Bonchev–Trinajstić information content (AvgIpc) is 3.10. The molecule has 7 heteroatoms. The van der Waals surface area contributed by atoms with E-state index >= 15 is 0 Å². The van der Waals surface area contributed by atoms with E-state index < -0.39 is 0 Å². The molecule has 0 bridgehead atoms. The van der Waals surface area contributed by atoms with Gasteiger partial charge in [-0.15, -0.1) is 11.3 Å². The summed E-state index contributed by atoms with van der Waals surface area (Å²) in [4.78, 5) is 25.8. The van der Waals surface area contributed by atoms with Crippen LogP contribution in [-0.4, -0.2) is 34.7 Å². The predicted octanol–water partition coefficient (Wildman–Crippen LogP) is 2.37. The van der Waals surface area contributed by atoms with Crippen molar-refractivity contribution in [2.24, 2.45) is 0 Å². The third-order valence-electron chi connectivity index (χ3n) is 3.95. The molecule has 6 nitrogen and oxygen atoms in total. The van der Waals surface area contributed by atoms with Gasteiger partial charge in [0.2, 0.25) is 5.91 Å². The Kier molecular flexibility index (Phi) is 6.75. The first-order valence-electron chi connectivity index (χ1n) is 8.56. The molecule has 0 aliphatic carbocycles. The molecule has 0 spiro atoms. The number of hydrogen-bond donors (Lipinski definition) is 2. The van der Waals surface area contributed by atoms with Crippen molar-refractivity contribution < 1.29 is 9.59 Å². The fraction of sp³-hybridized carbons (Fsp3) is 0.500. The van der Waals surface area contributed by atoms with E-state index in [1.54, 1.807) is 0 Å². The minimum Gasteiger partial charge on any atom is -0.355 e. The molecule has 0 radical (unpaired) electrons. The Morgan fingerprint density at radius 3 is 2.56 bits per heavy atom. The van der Waals surface area contributed by atoms with Gasteiger partial charge in [0.1, 0.15) is 0 Å².